The molecule has 0 bridgehead atoms. The van der Waals surface area contributed by atoms with E-state index in [1.165, 1.54) is 16.9 Å². The summed E-state index contributed by atoms with van der Waals surface area (Å²) in [6.07, 6.45) is 1.83. The van der Waals surface area contributed by atoms with Crippen molar-refractivity contribution in [2.75, 3.05) is 38.2 Å². The topological polar surface area (TPSA) is 67.7 Å². The molecule has 180 valence electrons. The number of nitrogens with zero attached hydrogens (tertiary/aromatic N) is 4. The number of methoxy groups -OCH3 is 1. The van der Waals surface area contributed by atoms with E-state index in [0.29, 0.717) is 25.0 Å². The van der Waals surface area contributed by atoms with Crippen molar-refractivity contribution in [3.05, 3.63) is 76.2 Å². The first kappa shape index (κ1) is 23.1. The lowest BCUT2D eigenvalue weighted by Gasteiger charge is -2.36. The van der Waals surface area contributed by atoms with Crippen molar-refractivity contribution >= 4 is 33.1 Å². The highest BCUT2D eigenvalue weighted by Crippen LogP contribution is 2.31. The van der Waals surface area contributed by atoms with Crippen LogP contribution in [0.3, 0.4) is 0 Å². The van der Waals surface area contributed by atoms with Crippen molar-refractivity contribution in [3.8, 4) is 16.9 Å². The van der Waals surface area contributed by atoms with E-state index in [4.69, 9.17) is 4.74 Å². The smallest absolute Gasteiger partial charge is 0.262 e. The van der Waals surface area contributed by atoms with Crippen LogP contribution < -0.4 is 15.2 Å². The van der Waals surface area contributed by atoms with E-state index in [9.17, 15) is 9.59 Å². The molecule has 1 aliphatic heterocycles. The molecule has 35 heavy (non-hydrogen) atoms. The first-order chi connectivity index (χ1) is 17.0. The average molecular weight is 489 g/mol. The van der Waals surface area contributed by atoms with Gasteiger partial charge in [0, 0.05) is 50.1 Å². The number of carbonyl (C=O) groups excluding carboxylic acids is 1. The number of aromatic nitrogens is 2. The molecule has 8 heteroatoms. The lowest BCUT2D eigenvalue weighted by molar-refractivity contribution is -0.131. The van der Waals surface area contributed by atoms with Gasteiger partial charge in [-0.15, -0.1) is 11.3 Å². The number of amides is 1. The minimum atomic E-state index is -0.0967. The van der Waals surface area contributed by atoms with Crippen molar-refractivity contribution in [2.24, 2.45) is 0 Å². The molecule has 4 aromatic rings. The molecule has 0 N–H and O–H groups in total. The van der Waals surface area contributed by atoms with Crippen LogP contribution in [0.1, 0.15) is 12.0 Å². The normalized spacial score (nSPS) is 13.9. The van der Waals surface area contributed by atoms with Gasteiger partial charge in [0.2, 0.25) is 5.91 Å². The number of carbonyl (C=O) groups is 1. The summed E-state index contributed by atoms with van der Waals surface area (Å²) in [6.45, 7) is 5.13. The van der Waals surface area contributed by atoms with E-state index in [-0.39, 0.29) is 17.9 Å². The molecule has 7 nitrogen and oxygen atoms in total. The Balaban J connectivity index is 1.25. The van der Waals surface area contributed by atoms with Crippen LogP contribution >= 0.6 is 11.3 Å². The molecule has 2 aromatic carbocycles. The van der Waals surface area contributed by atoms with Crippen LogP contribution in [0.4, 0.5) is 5.69 Å². The average Bonchev–Trinajstić information content (AvgIpc) is 3.33. The van der Waals surface area contributed by atoms with Gasteiger partial charge in [-0.05, 0) is 24.6 Å². The maximum Gasteiger partial charge on any atom is 0.262 e. The molecule has 5 rings (SSSR count). The highest BCUT2D eigenvalue weighted by molar-refractivity contribution is 7.17. The van der Waals surface area contributed by atoms with E-state index in [1.54, 1.807) is 18.0 Å². The molecular formula is C27H28N4O3S. The predicted molar refractivity (Wildman–Crippen MR) is 140 cm³/mol. The van der Waals surface area contributed by atoms with Gasteiger partial charge in [0.25, 0.3) is 5.56 Å². The molecule has 1 amide bonds. The second kappa shape index (κ2) is 9.92. The Hall–Kier alpha value is -3.65. The van der Waals surface area contributed by atoms with Crippen molar-refractivity contribution < 1.29 is 9.53 Å². The third-order valence-electron chi connectivity index (χ3n) is 6.55. The number of piperazine rings is 1. The molecule has 0 saturated carbocycles. The number of aryl methyl sites for hydroxylation is 2. The summed E-state index contributed by atoms with van der Waals surface area (Å²) >= 11 is 1.47. The molecule has 0 radical (unpaired) electrons. The van der Waals surface area contributed by atoms with Crippen LogP contribution in [0.2, 0.25) is 0 Å². The SMILES string of the molecule is COc1ccccc1N1CCN(C(=O)CCn2cnc3scc(-c4ccc(C)cc4)c3c2=O)CC1. The largest absolute Gasteiger partial charge is 0.495 e. The number of para-hydroxylation sites is 2. The maximum atomic E-state index is 13.3. The van der Waals surface area contributed by atoms with Gasteiger partial charge in [-0.25, -0.2) is 4.98 Å². The van der Waals surface area contributed by atoms with Gasteiger partial charge in [0.15, 0.2) is 0 Å². The number of thiophene rings is 1. The summed E-state index contributed by atoms with van der Waals surface area (Å²) in [6, 6.07) is 16.1. The minimum absolute atomic E-state index is 0.0563. The number of anilines is 1. The van der Waals surface area contributed by atoms with Gasteiger partial charge >= 0.3 is 0 Å². The lowest BCUT2D eigenvalue weighted by atomic mass is 10.1. The number of fused-ring (bicyclic) bond motifs is 1. The zero-order valence-corrected chi connectivity index (χ0v) is 20.8. The monoisotopic (exact) mass is 488 g/mol. The maximum absolute atomic E-state index is 13.3. The van der Waals surface area contributed by atoms with Crippen LogP contribution in [0, 0.1) is 6.92 Å². The molecule has 2 aromatic heterocycles. The molecule has 0 spiro atoms. The number of hydrogen-bond acceptors (Lipinski definition) is 6. The van der Waals surface area contributed by atoms with Crippen molar-refractivity contribution in [2.45, 2.75) is 19.9 Å². The molecule has 0 aliphatic carbocycles. The van der Waals surface area contributed by atoms with Crippen LogP contribution in [0.15, 0.2) is 65.0 Å². The van der Waals surface area contributed by atoms with Gasteiger partial charge in [0.1, 0.15) is 10.6 Å². The number of rotatable bonds is 6. The standard InChI is InChI=1S/C27H28N4O3S/c1-19-7-9-20(10-8-19)21-17-35-26-25(21)27(33)31(18-28-26)12-11-24(32)30-15-13-29(14-16-30)22-5-3-4-6-23(22)34-2/h3-10,17-18H,11-16H2,1-2H3. The van der Waals surface area contributed by atoms with Crippen LogP contribution in [-0.4, -0.2) is 53.6 Å². The third kappa shape index (κ3) is 4.66. The molecule has 3 heterocycles. The Morgan fingerprint density at radius 3 is 2.54 bits per heavy atom. The first-order valence-corrected chi connectivity index (χ1v) is 12.6. The number of benzene rings is 2. The fourth-order valence-electron chi connectivity index (χ4n) is 4.53. The van der Waals surface area contributed by atoms with Crippen molar-refractivity contribution in [1.29, 1.82) is 0 Å². The number of ether oxygens (including phenoxy) is 1. The van der Waals surface area contributed by atoms with Gasteiger partial charge in [-0.1, -0.05) is 42.0 Å². The summed E-state index contributed by atoms with van der Waals surface area (Å²) < 4.78 is 7.04. The highest BCUT2D eigenvalue weighted by Gasteiger charge is 2.23. The van der Waals surface area contributed by atoms with Gasteiger partial charge in [-0.3, -0.25) is 14.2 Å². The van der Waals surface area contributed by atoms with E-state index in [2.05, 4.69) is 9.88 Å². The molecular weight excluding hydrogens is 460 g/mol. The summed E-state index contributed by atoms with van der Waals surface area (Å²) in [7, 11) is 1.67. The fourth-order valence-corrected chi connectivity index (χ4v) is 5.44. The van der Waals surface area contributed by atoms with E-state index in [0.717, 1.165) is 40.5 Å². The second-order valence-corrected chi connectivity index (χ2v) is 9.59. The van der Waals surface area contributed by atoms with Gasteiger partial charge in [0.05, 0.1) is 24.5 Å². The molecule has 1 aliphatic rings. The zero-order chi connectivity index (χ0) is 24.4. The van der Waals surface area contributed by atoms with Gasteiger partial charge in [-0.2, -0.15) is 0 Å². The second-order valence-electron chi connectivity index (χ2n) is 8.73. The quantitative estimate of drug-likeness (QED) is 0.407. The third-order valence-corrected chi connectivity index (χ3v) is 7.43. The van der Waals surface area contributed by atoms with Crippen LogP contribution in [0.5, 0.6) is 5.75 Å². The van der Waals surface area contributed by atoms with Crippen molar-refractivity contribution in [3.63, 3.8) is 0 Å². The summed E-state index contributed by atoms with van der Waals surface area (Å²) in [4.78, 5) is 35.6. The Kier molecular flexibility index (Phi) is 6.55. The molecule has 0 unspecified atom stereocenters. The van der Waals surface area contributed by atoms with E-state index in [1.807, 2.05) is 65.7 Å². The number of hydrogen-bond donors (Lipinski definition) is 0. The molecule has 1 saturated heterocycles. The van der Waals surface area contributed by atoms with Crippen LogP contribution in [-0.2, 0) is 11.3 Å². The summed E-state index contributed by atoms with van der Waals surface area (Å²) in [5, 5.41) is 2.61. The minimum Gasteiger partial charge on any atom is -0.495 e. The lowest BCUT2D eigenvalue weighted by Crippen LogP contribution is -2.49. The molecule has 0 atom stereocenters. The van der Waals surface area contributed by atoms with E-state index < -0.39 is 0 Å². The van der Waals surface area contributed by atoms with Gasteiger partial charge < -0.3 is 14.5 Å². The zero-order valence-electron chi connectivity index (χ0n) is 19.9. The fraction of sp³-hybridized carbons (Fsp3) is 0.296. The Morgan fingerprint density at radius 1 is 1.06 bits per heavy atom. The Bertz CT molecular complexity index is 1400. The Labute approximate surface area is 208 Å². The highest BCUT2D eigenvalue weighted by atomic mass is 32.1. The van der Waals surface area contributed by atoms with Crippen molar-refractivity contribution in [1.82, 2.24) is 14.5 Å². The summed E-state index contributed by atoms with van der Waals surface area (Å²) in [5.74, 6) is 0.897. The first-order valence-electron chi connectivity index (χ1n) is 11.7. The Morgan fingerprint density at radius 2 is 1.80 bits per heavy atom. The van der Waals surface area contributed by atoms with Crippen LogP contribution in [0.25, 0.3) is 21.3 Å². The predicted octanol–water partition coefficient (Wildman–Crippen LogP) is 4.18. The summed E-state index contributed by atoms with van der Waals surface area (Å²) in [5.41, 5.74) is 4.03. The molecule has 1 fully saturated rings. The van der Waals surface area contributed by atoms with E-state index >= 15 is 0 Å².